The van der Waals surface area contributed by atoms with Gasteiger partial charge in [-0.3, -0.25) is 4.79 Å². The molecule has 1 aliphatic heterocycles. The van der Waals surface area contributed by atoms with E-state index in [9.17, 15) is 13.2 Å². The molecule has 2 aromatic rings. The van der Waals surface area contributed by atoms with Crippen LogP contribution >= 0.6 is 0 Å². The molecular weight excluding hydrogens is 368 g/mol. The fourth-order valence-corrected chi connectivity index (χ4v) is 4.43. The highest BCUT2D eigenvalue weighted by Crippen LogP contribution is 2.20. The fraction of sp³-hybridized carbons (Fsp3) is 0.389. The molecule has 27 heavy (non-hydrogen) atoms. The molecule has 1 amide bonds. The Bertz CT molecular complexity index is 913. The number of nitrogens with zero attached hydrogens (tertiary/aromatic N) is 2. The summed E-state index contributed by atoms with van der Waals surface area (Å²) in [5, 5.41) is 5.82. The number of carbonyl (C=O) groups excluding carboxylic acids is 1. The number of aromatic nitrogens is 2. The summed E-state index contributed by atoms with van der Waals surface area (Å²) in [5.41, 5.74) is 0.967. The molecule has 0 radical (unpaired) electrons. The minimum absolute atomic E-state index is 0.0280. The van der Waals surface area contributed by atoms with Gasteiger partial charge >= 0.3 is 0 Å². The lowest BCUT2D eigenvalue weighted by Crippen LogP contribution is -2.36. The highest BCUT2D eigenvalue weighted by Gasteiger charge is 2.29. The van der Waals surface area contributed by atoms with E-state index in [-0.39, 0.29) is 29.3 Å². The molecule has 9 heteroatoms. The van der Waals surface area contributed by atoms with E-state index in [1.165, 1.54) is 12.4 Å². The molecule has 1 atom stereocenters. The molecule has 2 heterocycles. The Labute approximate surface area is 158 Å². The molecule has 1 unspecified atom stereocenters. The van der Waals surface area contributed by atoms with Crippen LogP contribution in [0.3, 0.4) is 0 Å². The predicted octanol–water partition coefficient (Wildman–Crippen LogP) is 1.92. The maximum absolute atomic E-state index is 12.3. The maximum Gasteiger partial charge on any atom is 0.270 e. The second kappa shape index (κ2) is 7.91. The van der Waals surface area contributed by atoms with E-state index in [0.29, 0.717) is 12.2 Å². The van der Waals surface area contributed by atoms with E-state index in [1.54, 1.807) is 0 Å². The normalized spacial score (nSPS) is 18.3. The summed E-state index contributed by atoms with van der Waals surface area (Å²) < 4.78 is 28.6. The summed E-state index contributed by atoms with van der Waals surface area (Å²) in [6, 6.07) is 8.54. The Hall–Kier alpha value is -2.68. The second-order valence-corrected chi connectivity index (χ2v) is 8.91. The Morgan fingerprint density at radius 2 is 1.96 bits per heavy atom. The lowest BCUT2D eigenvalue weighted by atomic mass is 10.2. The van der Waals surface area contributed by atoms with Crippen LogP contribution in [0.1, 0.15) is 30.8 Å². The monoisotopic (exact) mass is 390 g/mol. The van der Waals surface area contributed by atoms with Gasteiger partial charge in [-0.05, 0) is 44.5 Å². The van der Waals surface area contributed by atoms with E-state index >= 15 is 0 Å². The summed E-state index contributed by atoms with van der Waals surface area (Å²) in [6.07, 6.45) is 1.81. The molecule has 8 nitrogen and oxygen atoms in total. The number of amides is 1. The highest BCUT2D eigenvalue weighted by atomic mass is 32.2. The van der Waals surface area contributed by atoms with Crippen molar-refractivity contribution in [2.24, 2.45) is 0 Å². The highest BCUT2D eigenvalue weighted by molar-refractivity contribution is 7.91. The lowest BCUT2D eigenvalue weighted by Gasteiger charge is -2.12. The third kappa shape index (κ3) is 5.40. The zero-order valence-electron chi connectivity index (χ0n) is 15.2. The van der Waals surface area contributed by atoms with Gasteiger partial charge in [-0.1, -0.05) is 0 Å². The van der Waals surface area contributed by atoms with E-state index < -0.39 is 15.7 Å². The van der Waals surface area contributed by atoms with Gasteiger partial charge in [0.05, 0.1) is 17.6 Å². The second-order valence-electron chi connectivity index (χ2n) is 6.68. The molecule has 1 saturated heterocycles. The van der Waals surface area contributed by atoms with Gasteiger partial charge in [-0.15, -0.1) is 0 Å². The van der Waals surface area contributed by atoms with Gasteiger partial charge in [0.2, 0.25) is 0 Å². The predicted molar refractivity (Wildman–Crippen MR) is 102 cm³/mol. The largest absolute Gasteiger partial charge is 0.491 e. The fourth-order valence-electron chi connectivity index (χ4n) is 2.75. The molecule has 1 fully saturated rings. The minimum atomic E-state index is -3.05. The van der Waals surface area contributed by atoms with E-state index in [2.05, 4.69) is 20.6 Å². The van der Waals surface area contributed by atoms with Crippen molar-refractivity contribution in [3.05, 3.63) is 42.4 Å². The first-order valence-corrected chi connectivity index (χ1v) is 10.5. The summed E-state index contributed by atoms with van der Waals surface area (Å²) in [4.78, 5) is 20.4. The molecule has 0 bridgehead atoms. The number of hydrogen-bond donors (Lipinski definition) is 2. The smallest absolute Gasteiger partial charge is 0.270 e. The summed E-state index contributed by atoms with van der Waals surface area (Å²) in [5.74, 6) is 0.893. The van der Waals surface area contributed by atoms with E-state index in [0.717, 1.165) is 11.4 Å². The Kier molecular flexibility index (Phi) is 5.59. The van der Waals surface area contributed by atoms with Gasteiger partial charge in [-0.2, -0.15) is 0 Å². The van der Waals surface area contributed by atoms with Crippen molar-refractivity contribution < 1.29 is 17.9 Å². The first-order chi connectivity index (χ1) is 12.8. The van der Waals surface area contributed by atoms with Gasteiger partial charge in [0, 0.05) is 17.8 Å². The number of sulfone groups is 1. The molecule has 144 valence electrons. The quantitative estimate of drug-likeness (QED) is 0.775. The van der Waals surface area contributed by atoms with Crippen molar-refractivity contribution in [1.29, 1.82) is 0 Å². The first kappa shape index (κ1) is 19.1. The summed E-state index contributed by atoms with van der Waals surface area (Å²) in [6.45, 7) is 3.92. The van der Waals surface area contributed by atoms with Gasteiger partial charge in [-0.25, -0.2) is 18.4 Å². The molecule has 1 aromatic heterocycles. The maximum atomic E-state index is 12.3. The zero-order chi connectivity index (χ0) is 19.4. The van der Waals surface area contributed by atoms with Gasteiger partial charge in [0.25, 0.3) is 5.91 Å². The van der Waals surface area contributed by atoms with Crippen LogP contribution in [-0.2, 0) is 9.84 Å². The Morgan fingerprint density at radius 3 is 2.59 bits per heavy atom. The summed E-state index contributed by atoms with van der Waals surface area (Å²) >= 11 is 0. The SMILES string of the molecule is CC(C)Oc1ccc(Nc2cc(C(=O)NC3CCS(=O)(=O)C3)ncn2)cc1. The summed E-state index contributed by atoms with van der Waals surface area (Å²) in [7, 11) is -3.05. The molecule has 1 aromatic carbocycles. The molecule has 3 rings (SSSR count). The van der Waals surface area contributed by atoms with Crippen LogP contribution in [0.25, 0.3) is 0 Å². The topological polar surface area (TPSA) is 110 Å². The molecule has 0 spiro atoms. The number of anilines is 2. The van der Waals surface area contributed by atoms with Gasteiger partial charge in [0.15, 0.2) is 9.84 Å². The molecule has 2 N–H and O–H groups in total. The number of ether oxygens (including phenoxy) is 1. The number of carbonyl (C=O) groups is 1. The number of nitrogens with one attached hydrogen (secondary N) is 2. The number of rotatable bonds is 6. The molecular formula is C18H22N4O4S. The molecule has 0 aliphatic carbocycles. The molecule has 1 aliphatic rings. The van der Waals surface area contributed by atoms with Crippen LogP contribution < -0.4 is 15.4 Å². The average Bonchev–Trinajstić information content (AvgIpc) is 2.95. The van der Waals surface area contributed by atoms with Crippen LogP contribution in [-0.4, -0.2) is 47.9 Å². The van der Waals surface area contributed by atoms with Crippen LogP contribution in [0.5, 0.6) is 5.75 Å². The number of hydrogen-bond acceptors (Lipinski definition) is 7. The zero-order valence-corrected chi connectivity index (χ0v) is 16.0. The van der Waals surface area contributed by atoms with Crippen LogP contribution in [0.2, 0.25) is 0 Å². The van der Waals surface area contributed by atoms with Crippen molar-refractivity contribution >= 4 is 27.2 Å². The lowest BCUT2D eigenvalue weighted by molar-refractivity contribution is 0.0936. The van der Waals surface area contributed by atoms with Crippen molar-refractivity contribution in [1.82, 2.24) is 15.3 Å². The van der Waals surface area contributed by atoms with Crippen LogP contribution in [0.15, 0.2) is 36.7 Å². The van der Waals surface area contributed by atoms with Crippen LogP contribution in [0, 0.1) is 0 Å². The third-order valence-electron chi connectivity index (χ3n) is 3.97. The Balaban J connectivity index is 1.64. The third-order valence-corrected chi connectivity index (χ3v) is 5.73. The standard InChI is InChI=1S/C18H22N4O4S/c1-12(2)26-15-5-3-13(4-6-15)21-17-9-16(19-11-20-17)18(23)22-14-7-8-27(24,25)10-14/h3-6,9,11-12,14H,7-8,10H2,1-2H3,(H,22,23)(H,19,20,21). The van der Waals surface area contributed by atoms with Crippen molar-refractivity contribution in [2.75, 3.05) is 16.8 Å². The number of benzene rings is 1. The van der Waals surface area contributed by atoms with Crippen molar-refractivity contribution in [3.63, 3.8) is 0 Å². The van der Waals surface area contributed by atoms with Crippen molar-refractivity contribution in [2.45, 2.75) is 32.4 Å². The Morgan fingerprint density at radius 1 is 1.22 bits per heavy atom. The first-order valence-electron chi connectivity index (χ1n) is 8.68. The van der Waals surface area contributed by atoms with Gasteiger partial charge < -0.3 is 15.4 Å². The van der Waals surface area contributed by atoms with Crippen molar-refractivity contribution in [3.8, 4) is 5.75 Å². The molecule has 0 saturated carbocycles. The minimum Gasteiger partial charge on any atom is -0.491 e. The van der Waals surface area contributed by atoms with E-state index in [4.69, 9.17) is 4.74 Å². The van der Waals surface area contributed by atoms with Gasteiger partial charge in [0.1, 0.15) is 23.6 Å². The van der Waals surface area contributed by atoms with Crippen LogP contribution in [0.4, 0.5) is 11.5 Å². The average molecular weight is 390 g/mol. The van der Waals surface area contributed by atoms with E-state index in [1.807, 2.05) is 38.1 Å².